The molecule has 0 aromatic heterocycles. The summed E-state index contributed by atoms with van der Waals surface area (Å²) < 4.78 is 0. The van der Waals surface area contributed by atoms with Crippen LogP contribution in [0.2, 0.25) is 0 Å². The van der Waals surface area contributed by atoms with Crippen molar-refractivity contribution >= 4 is 17.7 Å². The maximum Gasteiger partial charge on any atom is 0.223 e. The number of carbonyl (C=O) groups excluding carboxylic acids is 1. The van der Waals surface area contributed by atoms with Gasteiger partial charge >= 0.3 is 0 Å². The molecule has 1 amide bonds. The van der Waals surface area contributed by atoms with Crippen LogP contribution < -0.4 is 5.32 Å². The normalized spacial score (nSPS) is 42.9. The molecule has 0 radical (unpaired) electrons. The molecule has 0 spiro atoms. The number of carbonyl (C=O) groups is 1. The first-order chi connectivity index (χ1) is 6.72. The lowest BCUT2D eigenvalue weighted by Crippen LogP contribution is -2.40. The fourth-order valence-electron chi connectivity index (χ4n) is 2.63. The first-order valence-electron chi connectivity index (χ1n) is 5.64. The number of nitrogens with one attached hydrogen (secondary N) is 1. The van der Waals surface area contributed by atoms with Crippen LogP contribution in [0.15, 0.2) is 0 Å². The van der Waals surface area contributed by atoms with Gasteiger partial charge in [-0.3, -0.25) is 4.79 Å². The predicted octanol–water partition coefficient (Wildman–Crippen LogP) is 2.04. The monoisotopic (exact) mass is 213 g/mol. The van der Waals surface area contributed by atoms with Crippen molar-refractivity contribution in [1.29, 1.82) is 0 Å². The van der Waals surface area contributed by atoms with Crippen LogP contribution in [0.3, 0.4) is 0 Å². The van der Waals surface area contributed by atoms with Crippen LogP contribution in [0.1, 0.15) is 33.1 Å². The first-order valence-corrected chi connectivity index (χ1v) is 6.69. The quantitative estimate of drug-likeness (QED) is 0.722. The number of hydrogen-bond acceptors (Lipinski definition) is 2. The summed E-state index contributed by atoms with van der Waals surface area (Å²) in [7, 11) is 0. The van der Waals surface area contributed by atoms with E-state index in [9.17, 15) is 4.79 Å². The molecular weight excluding hydrogens is 194 g/mol. The van der Waals surface area contributed by atoms with Crippen LogP contribution in [-0.4, -0.2) is 23.0 Å². The highest BCUT2D eigenvalue weighted by atomic mass is 32.2. The van der Waals surface area contributed by atoms with Crippen LogP contribution in [0.5, 0.6) is 0 Å². The minimum absolute atomic E-state index is 0.276. The van der Waals surface area contributed by atoms with Crippen LogP contribution >= 0.6 is 11.8 Å². The van der Waals surface area contributed by atoms with Gasteiger partial charge in [0.25, 0.3) is 0 Å². The minimum Gasteiger partial charge on any atom is -0.352 e. The van der Waals surface area contributed by atoms with Crippen molar-refractivity contribution in [3.63, 3.8) is 0 Å². The molecule has 2 aliphatic rings. The van der Waals surface area contributed by atoms with Crippen molar-refractivity contribution in [3.05, 3.63) is 0 Å². The second-order valence-corrected chi connectivity index (χ2v) is 5.91. The second kappa shape index (κ2) is 4.13. The van der Waals surface area contributed by atoms with Crippen LogP contribution in [0, 0.1) is 11.8 Å². The Kier molecular flexibility index (Phi) is 3.05. The first kappa shape index (κ1) is 10.3. The maximum atomic E-state index is 11.8. The third kappa shape index (κ3) is 1.79. The Hall–Kier alpha value is -0.180. The van der Waals surface area contributed by atoms with Crippen molar-refractivity contribution in [1.82, 2.24) is 5.32 Å². The predicted molar refractivity (Wildman–Crippen MR) is 60.4 cm³/mol. The van der Waals surface area contributed by atoms with E-state index in [1.807, 2.05) is 11.8 Å². The van der Waals surface area contributed by atoms with Crippen molar-refractivity contribution in [2.75, 3.05) is 5.75 Å². The molecule has 2 saturated heterocycles. The van der Waals surface area contributed by atoms with E-state index >= 15 is 0 Å². The summed E-state index contributed by atoms with van der Waals surface area (Å²) in [4.78, 5) is 11.8. The van der Waals surface area contributed by atoms with Gasteiger partial charge in [0, 0.05) is 23.0 Å². The van der Waals surface area contributed by atoms with E-state index in [-0.39, 0.29) is 5.92 Å². The summed E-state index contributed by atoms with van der Waals surface area (Å²) >= 11 is 2.01. The Balaban J connectivity index is 2.06. The standard InChI is InChI=1S/C11H19NOS/c1-3-8-4-5-9-7(2)14-6-10(9)12-11(8)13/h7-10H,3-6H2,1-2H3,(H,12,13). The second-order valence-electron chi connectivity index (χ2n) is 4.50. The molecule has 0 bridgehead atoms. The van der Waals surface area contributed by atoms with E-state index in [4.69, 9.17) is 0 Å². The molecule has 1 N–H and O–H groups in total. The molecule has 0 aromatic rings. The van der Waals surface area contributed by atoms with E-state index < -0.39 is 0 Å². The number of fused-ring (bicyclic) bond motifs is 1. The van der Waals surface area contributed by atoms with Gasteiger partial charge in [-0.1, -0.05) is 13.8 Å². The number of rotatable bonds is 1. The number of thioether (sulfide) groups is 1. The lowest BCUT2D eigenvalue weighted by Gasteiger charge is -2.18. The van der Waals surface area contributed by atoms with Crippen LogP contribution in [0.4, 0.5) is 0 Å². The molecule has 2 rings (SSSR count). The molecule has 2 heterocycles. The fraction of sp³-hybridized carbons (Fsp3) is 0.909. The molecular formula is C11H19NOS. The van der Waals surface area contributed by atoms with E-state index in [1.54, 1.807) is 0 Å². The summed E-state index contributed by atoms with van der Waals surface area (Å²) in [5, 5.41) is 3.94. The van der Waals surface area contributed by atoms with Gasteiger partial charge in [0.05, 0.1) is 0 Å². The van der Waals surface area contributed by atoms with Crippen LogP contribution in [0.25, 0.3) is 0 Å². The topological polar surface area (TPSA) is 29.1 Å². The smallest absolute Gasteiger partial charge is 0.223 e. The van der Waals surface area contributed by atoms with E-state index in [1.165, 1.54) is 6.42 Å². The molecule has 2 nitrogen and oxygen atoms in total. The van der Waals surface area contributed by atoms with Crippen molar-refractivity contribution < 1.29 is 4.79 Å². The van der Waals surface area contributed by atoms with E-state index in [2.05, 4.69) is 19.2 Å². The highest BCUT2D eigenvalue weighted by molar-refractivity contribution is 8.00. The Bertz CT molecular complexity index is 231. The third-order valence-electron chi connectivity index (χ3n) is 3.70. The highest BCUT2D eigenvalue weighted by Crippen LogP contribution is 2.38. The summed E-state index contributed by atoms with van der Waals surface area (Å²) in [6, 6.07) is 0.457. The zero-order valence-corrected chi connectivity index (χ0v) is 9.77. The van der Waals surface area contributed by atoms with Gasteiger partial charge in [-0.25, -0.2) is 0 Å². The Labute approximate surface area is 90.2 Å². The molecule has 0 saturated carbocycles. The van der Waals surface area contributed by atoms with Gasteiger partial charge in [0.15, 0.2) is 0 Å². The van der Waals surface area contributed by atoms with Gasteiger partial charge in [-0.15, -0.1) is 0 Å². The molecule has 2 fully saturated rings. The molecule has 80 valence electrons. The number of amides is 1. The summed E-state index contributed by atoms with van der Waals surface area (Å²) in [5.74, 6) is 2.42. The van der Waals surface area contributed by atoms with E-state index in [0.29, 0.717) is 11.9 Å². The molecule has 4 atom stereocenters. The summed E-state index contributed by atoms with van der Waals surface area (Å²) in [6.45, 7) is 4.41. The molecule has 4 unspecified atom stereocenters. The van der Waals surface area contributed by atoms with Crippen molar-refractivity contribution in [3.8, 4) is 0 Å². The van der Waals surface area contributed by atoms with Gasteiger partial charge in [0.2, 0.25) is 5.91 Å². The Morgan fingerprint density at radius 3 is 3.00 bits per heavy atom. The average Bonchev–Trinajstić information content (AvgIpc) is 2.44. The van der Waals surface area contributed by atoms with Gasteiger partial charge in [-0.05, 0) is 25.2 Å². The number of hydrogen-bond donors (Lipinski definition) is 1. The molecule has 14 heavy (non-hydrogen) atoms. The third-order valence-corrected chi connectivity index (χ3v) is 5.13. The zero-order valence-electron chi connectivity index (χ0n) is 8.95. The Morgan fingerprint density at radius 2 is 2.29 bits per heavy atom. The minimum atomic E-state index is 0.276. The largest absolute Gasteiger partial charge is 0.352 e. The van der Waals surface area contributed by atoms with Crippen molar-refractivity contribution in [2.24, 2.45) is 11.8 Å². The molecule has 0 aliphatic carbocycles. The van der Waals surface area contributed by atoms with Gasteiger partial charge in [0.1, 0.15) is 0 Å². The fourth-order valence-corrected chi connectivity index (χ4v) is 4.04. The van der Waals surface area contributed by atoms with Gasteiger partial charge < -0.3 is 5.32 Å². The lowest BCUT2D eigenvalue weighted by molar-refractivity contribution is -0.125. The van der Waals surface area contributed by atoms with Gasteiger partial charge in [-0.2, -0.15) is 11.8 Å². The summed E-state index contributed by atoms with van der Waals surface area (Å²) in [5.41, 5.74) is 0. The van der Waals surface area contributed by atoms with Crippen LogP contribution in [-0.2, 0) is 4.79 Å². The molecule has 0 aromatic carbocycles. The lowest BCUT2D eigenvalue weighted by atomic mass is 9.91. The molecule has 3 heteroatoms. The van der Waals surface area contributed by atoms with E-state index in [0.717, 1.165) is 29.8 Å². The molecule has 2 aliphatic heterocycles. The maximum absolute atomic E-state index is 11.8. The Morgan fingerprint density at radius 1 is 1.50 bits per heavy atom. The average molecular weight is 213 g/mol. The van der Waals surface area contributed by atoms with Crippen molar-refractivity contribution in [2.45, 2.75) is 44.4 Å². The summed E-state index contributed by atoms with van der Waals surface area (Å²) in [6.07, 6.45) is 3.32. The highest BCUT2D eigenvalue weighted by Gasteiger charge is 2.38. The zero-order chi connectivity index (χ0) is 10.1. The SMILES string of the molecule is CCC1CCC2C(CSC2C)NC1=O.